The minimum absolute atomic E-state index is 0.163. The Morgan fingerprint density at radius 3 is 2.58 bits per heavy atom. The lowest BCUT2D eigenvalue weighted by Gasteiger charge is -2.19. The number of benzene rings is 1. The number of rotatable bonds is 5. The Kier molecular flexibility index (Phi) is 4.64. The quantitative estimate of drug-likeness (QED) is 0.897. The van der Waals surface area contributed by atoms with Gasteiger partial charge in [0, 0.05) is 25.3 Å². The van der Waals surface area contributed by atoms with Crippen molar-refractivity contribution in [3.8, 4) is 0 Å². The van der Waals surface area contributed by atoms with Crippen molar-refractivity contribution in [2.45, 2.75) is 32.1 Å². The summed E-state index contributed by atoms with van der Waals surface area (Å²) in [6.07, 6.45) is 0.970. The van der Waals surface area contributed by atoms with E-state index in [4.69, 9.17) is 4.52 Å². The van der Waals surface area contributed by atoms with Gasteiger partial charge in [-0.1, -0.05) is 22.9 Å². The van der Waals surface area contributed by atoms with Crippen LogP contribution in [0.5, 0.6) is 0 Å². The van der Waals surface area contributed by atoms with Crippen LogP contribution in [0.1, 0.15) is 23.4 Å². The summed E-state index contributed by atoms with van der Waals surface area (Å²) in [5.41, 5.74) is 2.83. The van der Waals surface area contributed by atoms with Crippen molar-refractivity contribution in [3.05, 3.63) is 41.3 Å². The van der Waals surface area contributed by atoms with Crippen molar-refractivity contribution in [2.24, 2.45) is 5.92 Å². The lowest BCUT2D eigenvalue weighted by atomic mass is 10.1. The molecule has 1 saturated heterocycles. The zero-order valence-electron chi connectivity index (χ0n) is 14.2. The van der Waals surface area contributed by atoms with Crippen LogP contribution in [0.4, 0.5) is 5.69 Å². The minimum Gasteiger partial charge on any atom is -0.371 e. The maximum absolute atomic E-state index is 12.5. The first-order chi connectivity index (χ1) is 11.4. The molecule has 1 atom stereocenters. The third-order valence-electron chi connectivity index (χ3n) is 4.48. The number of sulfonamides is 1. The van der Waals surface area contributed by atoms with Gasteiger partial charge >= 0.3 is 0 Å². The normalized spacial score (nSPS) is 18.3. The largest absolute Gasteiger partial charge is 0.371 e. The fourth-order valence-corrected chi connectivity index (χ4v) is 4.59. The van der Waals surface area contributed by atoms with Gasteiger partial charge in [0.25, 0.3) is 0 Å². The molecule has 0 amide bonds. The number of aryl methyl sites for hydroxylation is 3. The van der Waals surface area contributed by atoms with Crippen molar-refractivity contribution in [1.29, 1.82) is 0 Å². The molecule has 0 bridgehead atoms. The monoisotopic (exact) mass is 349 g/mol. The minimum atomic E-state index is -3.58. The third-order valence-corrected chi connectivity index (χ3v) is 6.15. The average molecular weight is 349 g/mol. The van der Waals surface area contributed by atoms with Gasteiger partial charge in [0.1, 0.15) is 10.6 Å². The second-order valence-electron chi connectivity index (χ2n) is 6.44. The Morgan fingerprint density at radius 1 is 1.25 bits per heavy atom. The maximum atomic E-state index is 12.5. The highest BCUT2D eigenvalue weighted by Crippen LogP contribution is 2.24. The van der Waals surface area contributed by atoms with Crippen LogP contribution >= 0.6 is 0 Å². The molecular weight excluding hydrogens is 326 g/mol. The maximum Gasteiger partial charge on any atom is 0.245 e. The number of nitrogens with one attached hydrogen (secondary N) is 1. The van der Waals surface area contributed by atoms with E-state index in [1.165, 1.54) is 11.3 Å². The van der Waals surface area contributed by atoms with Crippen molar-refractivity contribution in [2.75, 3.05) is 24.5 Å². The summed E-state index contributed by atoms with van der Waals surface area (Å²) in [6.45, 7) is 7.55. The van der Waals surface area contributed by atoms with Gasteiger partial charge in [-0.3, -0.25) is 0 Å². The molecule has 130 valence electrons. The highest BCUT2D eigenvalue weighted by molar-refractivity contribution is 7.89. The summed E-state index contributed by atoms with van der Waals surface area (Å²) >= 11 is 0. The van der Waals surface area contributed by atoms with E-state index >= 15 is 0 Å². The zero-order chi connectivity index (χ0) is 17.3. The molecule has 1 aliphatic rings. The summed E-state index contributed by atoms with van der Waals surface area (Å²) in [5.74, 6) is 0.620. The third kappa shape index (κ3) is 3.47. The molecule has 1 aliphatic heterocycles. The van der Waals surface area contributed by atoms with E-state index in [1.54, 1.807) is 13.8 Å². The number of hydrogen-bond donors (Lipinski definition) is 1. The van der Waals surface area contributed by atoms with Crippen molar-refractivity contribution in [1.82, 2.24) is 9.88 Å². The van der Waals surface area contributed by atoms with E-state index in [2.05, 4.69) is 46.0 Å². The molecule has 2 heterocycles. The van der Waals surface area contributed by atoms with Crippen LogP contribution in [0.25, 0.3) is 0 Å². The second-order valence-corrected chi connectivity index (χ2v) is 8.15. The molecule has 6 nitrogen and oxygen atoms in total. The van der Waals surface area contributed by atoms with Gasteiger partial charge in [-0.15, -0.1) is 0 Å². The molecule has 7 heteroatoms. The first kappa shape index (κ1) is 17.0. The van der Waals surface area contributed by atoms with Gasteiger partial charge in [0.05, 0.1) is 0 Å². The van der Waals surface area contributed by atoms with Gasteiger partial charge in [0.2, 0.25) is 10.0 Å². The Labute approximate surface area is 142 Å². The van der Waals surface area contributed by atoms with Gasteiger partial charge in [-0.2, -0.15) is 0 Å². The SMILES string of the molecule is Cc1ccc(N2CCC(CNS(=O)(=O)c3c(C)noc3C)C2)cc1. The molecule has 1 aromatic heterocycles. The molecule has 1 N–H and O–H groups in total. The molecule has 1 aromatic carbocycles. The van der Waals surface area contributed by atoms with Crippen LogP contribution in [-0.4, -0.2) is 33.2 Å². The molecule has 0 saturated carbocycles. The summed E-state index contributed by atoms with van der Waals surface area (Å²) in [7, 11) is -3.58. The molecule has 24 heavy (non-hydrogen) atoms. The molecular formula is C17H23N3O3S. The highest BCUT2D eigenvalue weighted by Gasteiger charge is 2.27. The van der Waals surface area contributed by atoms with E-state index in [9.17, 15) is 8.42 Å². The van der Waals surface area contributed by atoms with E-state index in [0.29, 0.717) is 23.9 Å². The number of aromatic nitrogens is 1. The lowest BCUT2D eigenvalue weighted by molar-refractivity contribution is 0.390. The fraction of sp³-hybridized carbons (Fsp3) is 0.471. The van der Waals surface area contributed by atoms with Crippen LogP contribution in [0.3, 0.4) is 0 Å². The van der Waals surface area contributed by atoms with Crippen LogP contribution < -0.4 is 9.62 Å². The van der Waals surface area contributed by atoms with E-state index < -0.39 is 10.0 Å². The van der Waals surface area contributed by atoms with Gasteiger partial charge in [-0.05, 0) is 45.2 Å². The lowest BCUT2D eigenvalue weighted by Crippen LogP contribution is -2.31. The van der Waals surface area contributed by atoms with E-state index in [1.807, 2.05) is 0 Å². The Hall–Kier alpha value is -1.86. The van der Waals surface area contributed by atoms with Crippen LogP contribution in [0, 0.1) is 26.7 Å². The number of anilines is 1. The smallest absolute Gasteiger partial charge is 0.245 e. The molecule has 3 rings (SSSR count). The molecule has 1 unspecified atom stereocenters. The predicted molar refractivity (Wildman–Crippen MR) is 92.7 cm³/mol. The Bertz CT molecular complexity index is 793. The van der Waals surface area contributed by atoms with Crippen LogP contribution in [-0.2, 0) is 10.0 Å². The van der Waals surface area contributed by atoms with Gasteiger partial charge in [-0.25, -0.2) is 13.1 Å². The second kappa shape index (κ2) is 6.57. The van der Waals surface area contributed by atoms with Gasteiger partial charge in [0.15, 0.2) is 5.76 Å². The molecule has 0 radical (unpaired) electrons. The van der Waals surface area contributed by atoms with Crippen LogP contribution in [0.2, 0.25) is 0 Å². The van der Waals surface area contributed by atoms with E-state index in [-0.39, 0.29) is 4.90 Å². The Morgan fingerprint density at radius 2 is 1.96 bits per heavy atom. The van der Waals surface area contributed by atoms with E-state index in [0.717, 1.165) is 19.5 Å². The molecule has 1 fully saturated rings. The summed E-state index contributed by atoms with van der Waals surface area (Å²) < 4.78 is 32.6. The molecule has 0 spiro atoms. The highest BCUT2D eigenvalue weighted by atomic mass is 32.2. The number of hydrogen-bond acceptors (Lipinski definition) is 5. The average Bonchev–Trinajstić information content (AvgIpc) is 3.13. The summed E-state index contributed by atoms with van der Waals surface area (Å²) in [6, 6.07) is 8.43. The topological polar surface area (TPSA) is 75.4 Å². The zero-order valence-corrected chi connectivity index (χ0v) is 15.1. The fourth-order valence-electron chi connectivity index (χ4n) is 3.15. The Balaban J connectivity index is 1.61. The van der Waals surface area contributed by atoms with Crippen molar-refractivity contribution >= 4 is 15.7 Å². The summed E-state index contributed by atoms with van der Waals surface area (Å²) in [5, 5.41) is 3.72. The molecule has 0 aliphatic carbocycles. The van der Waals surface area contributed by atoms with Gasteiger partial charge < -0.3 is 9.42 Å². The predicted octanol–water partition coefficient (Wildman–Crippen LogP) is 2.40. The first-order valence-electron chi connectivity index (χ1n) is 8.11. The standard InChI is InChI=1S/C17H23N3O3S/c1-12-4-6-16(7-5-12)20-9-8-15(11-20)10-18-24(21,22)17-13(2)19-23-14(17)3/h4-7,15,18H,8-11H2,1-3H3. The first-order valence-corrected chi connectivity index (χ1v) is 9.59. The number of nitrogens with zero attached hydrogens (tertiary/aromatic N) is 2. The van der Waals surface area contributed by atoms with Crippen LogP contribution in [0.15, 0.2) is 33.7 Å². The van der Waals surface area contributed by atoms with Crippen molar-refractivity contribution < 1.29 is 12.9 Å². The van der Waals surface area contributed by atoms with Crippen molar-refractivity contribution in [3.63, 3.8) is 0 Å². The molecule has 2 aromatic rings. The summed E-state index contributed by atoms with van der Waals surface area (Å²) in [4.78, 5) is 2.46.